The minimum atomic E-state index is -2.71. The summed E-state index contributed by atoms with van der Waals surface area (Å²) in [5.41, 5.74) is 1.08. The average Bonchev–Trinajstić information content (AvgIpc) is 2.93. The van der Waals surface area contributed by atoms with E-state index in [0.717, 1.165) is 5.56 Å². The number of benzene rings is 3. The largest absolute Gasteiger partial charge is 0.407 e. The zero-order valence-electron chi connectivity index (χ0n) is 23.8. The van der Waals surface area contributed by atoms with Gasteiger partial charge >= 0.3 is 0 Å². The van der Waals surface area contributed by atoms with Crippen LogP contribution in [0, 0.1) is 17.8 Å². The van der Waals surface area contributed by atoms with Gasteiger partial charge in [-0.2, -0.15) is 0 Å². The summed E-state index contributed by atoms with van der Waals surface area (Å²) in [6.45, 7) is 13.6. The molecule has 0 bridgehead atoms. The van der Waals surface area contributed by atoms with Crippen LogP contribution in [0.2, 0.25) is 5.04 Å². The average molecular weight is 533 g/mol. The zero-order chi connectivity index (χ0) is 27.8. The van der Waals surface area contributed by atoms with E-state index in [4.69, 9.17) is 9.16 Å². The van der Waals surface area contributed by atoms with Crippen LogP contribution in [0.1, 0.15) is 47.1 Å². The number of ketones is 1. The van der Waals surface area contributed by atoms with Crippen molar-refractivity contribution in [3.8, 4) is 0 Å². The summed E-state index contributed by atoms with van der Waals surface area (Å²) in [6.07, 6.45) is -0.808. The van der Waals surface area contributed by atoms with E-state index in [2.05, 4.69) is 69.3 Å². The fourth-order valence-electron chi connectivity index (χ4n) is 5.24. The molecular formula is C33H44O4Si. The first-order valence-corrected chi connectivity index (χ1v) is 15.6. The number of hydrogen-bond acceptors (Lipinski definition) is 4. The summed E-state index contributed by atoms with van der Waals surface area (Å²) in [4.78, 5) is 13.2. The minimum Gasteiger partial charge on any atom is -0.407 e. The molecule has 0 aliphatic carbocycles. The Morgan fingerprint density at radius 2 is 1.26 bits per heavy atom. The first-order valence-electron chi connectivity index (χ1n) is 13.7. The van der Waals surface area contributed by atoms with Crippen molar-refractivity contribution in [2.24, 2.45) is 17.8 Å². The number of carbonyl (C=O) groups is 1. The van der Waals surface area contributed by atoms with Gasteiger partial charge in [-0.1, -0.05) is 133 Å². The highest BCUT2D eigenvalue weighted by molar-refractivity contribution is 6.99. The number of aliphatic hydroxyl groups is 1. The Morgan fingerprint density at radius 1 is 0.789 bits per heavy atom. The summed E-state index contributed by atoms with van der Waals surface area (Å²) < 4.78 is 12.8. The third-order valence-electron chi connectivity index (χ3n) is 7.49. The van der Waals surface area contributed by atoms with Crippen molar-refractivity contribution in [2.45, 2.75) is 59.3 Å². The van der Waals surface area contributed by atoms with Crippen LogP contribution in [0.25, 0.3) is 0 Å². The molecule has 0 saturated heterocycles. The fourth-order valence-corrected chi connectivity index (χ4v) is 9.90. The Hall–Kier alpha value is -2.57. The zero-order valence-corrected chi connectivity index (χ0v) is 24.8. The third kappa shape index (κ3) is 7.09. The van der Waals surface area contributed by atoms with Crippen LogP contribution in [-0.4, -0.2) is 38.5 Å². The van der Waals surface area contributed by atoms with Crippen LogP contribution < -0.4 is 10.4 Å². The Kier molecular flexibility index (Phi) is 10.6. The highest BCUT2D eigenvalue weighted by Crippen LogP contribution is 2.37. The summed E-state index contributed by atoms with van der Waals surface area (Å²) in [5.74, 6) is -1.01. The molecule has 0 saturated carbocycles. The molecule has 0 unspecified atom stereocenters. The Morgan fingerprint density at radius 3 is 1.74 bits per heavy atom. The van der Waals surface area contributed by atoms with Gasteiger partial charge in [-0.05, 0) is 21.0 Å². The maximum Gasteiger partial charge on any atom is 0.261 e. The van der Waals surface area contributed by atoms with E-state index < -0.39 is 20.3 Å². The van der Waals surface area contributed by atoms with E-state index >= 15 is 0 Å². The topological polar surface area (TPSA) is 55.8 Å². The summed E-state index contributed by atoms with van der Waals surface area (Å²) in [7, 11) is -2.71. The van der Waals surface area contributed by atoms with Gasteiger partial charge in [0.15, 0.2) is 0 Å². The molecule has 0 spiro atoms. The number of carbonyl (C=O) groups excluding carboxylic acids is 1. The molecule has 38 heavy (non-hydrogen) atoms. The molecule has 0 aliphatic rings. The van der Waals surface area contributed by atoms with Gasteiger partial charge in [0.1, 0.15) is 5.78 Å². The molecule has 1 N–H and O–H groups in total. The predicted molar refractivity (Wildman–Crippen MR) is 158 cm³/mol. The summed E-state index contributed by atoms with van der Waals surface area (Å²) in [5, 5.41) is 13.5. The SMILES string of the molecule is C[C@@H](COCc1ccccc1)C(=O)[C@H](C)[C@@H](O)[C@@H](C)CO[Si](c1ccccc1)(c1ccccc1)C(C)(C)C. The van der Waals surface area contributed by atoms with Crippen LogP contribution in [0.3, 0.4) is 0 Å². The van der Waals surface area contributed by atoms with E-state index in [9.17, 15) is 9.90 Å². The maximum absolute atomic E-state index is 13.2. The highest BCUT2D eigenvalue weighted by atomic mass is 28.4. The van der Waals surface area contributed by atoms with Crippen molar-refractivity contribution >= 4 is 24.5 Å². The molecule has 3 aromatic carbocycles. The molecule has 0 amide bonds. The number of aliphatic hydroxyl groups excluding tert-OH is 1. The second-order valence-corrected chi connectivity index (χ2v) is 15.8. The third-order valence-corrected chi connectivity index (χ3v) is 12.5. The lowest BCUT2D eigenvalue weighted by atomic mass is 9.86. The van der Waals surface area contributed by atoms with E-state index in [0.29, 0.717) is 19.8 Å². The highest BCUT2D eigenvalue weighted by Gasteiger charge is 2.50. The monoisotopic (exact) mass is 532 g/mol. The Labute approximate surface area is 230 Å². The lowest BCUT2D eigenvalue weighted by molar-refractivity contribution is -0.132. The molecule has 204 valence electrons. The van der Waals surface area contributed by atoms with Gasteiger partial charge in [0.05, 0.1) is 19.3 Å². The summed E-state index contributed by atoms with van der Waals surface area (Å²) >= 11 is 0. The van der Waals surface area contributed by atoms with E-state index in [-0.39, 0.29) is 22.7 Å². The van der Waals surface area contributed by atoms with Crippen molar-refractivity contribution in [1.29, 1.82) is 0 Å². The quantitative estimate of drug-likeness (QED) is 0.291. The van der Waals surface area contributed by atoms with Gasteiger partial charge in [-0.3, -0.25) is 4.79 Å². The molecule has 3 aromatic rings. The number of hydrogen-bond donors (Lipinski definition) is 1. The second kappa shape index (κ2) is 13.5. The van der Waals surface area contributed by atoms with E-state index in [1.807, 2.05) is 63.2 Å². The first kappa shape index (κ1) is 30.0. The molecule has 0 aliphatic heterocycles. The lowest BCUT2D eigenvalue weighted by Gasteiger charge is -2.44. The van der Waals surface area contributed by atoms with Crippen molar-refractivity contribution in [1.82, 2.24) is 0 Å². The van der Waals surface area contributed by atoms with Gasteiger partial charge in [-0.25, -0.2) is 0 Å². The van der Waals surface area contributed by atoms with Gasteiger partial charge in [0.2, 0.25) is 0 Å². The predicted octanol–water partition coefficient (Wildman–Crippen LogP) is 5.62. The van der Waals surface area contributed by atoms with Crippen LogP contribution in [0.15, 0.2) is 91.0 Å². The minimum absolute atomic E-state index is 0.0165. The molecule has 0 aromatic heterocycles. The molecule has 4 atom stereocenters. The van der Waals surface area contributed by atoms with Crippen LogP contribution >= 0.6 is 0 Å². The summed E-state index contributed by atoms with van der Waals surface area (Å²) in [6, 6.07) is 30.9. The van der Waals surface area contributed by atoms with Crippen LogP contribution in [0.5, 0.6) is 0 Å². The Balaban J connectivity index is 1.70. The van der Waals surface area contributed by atoms with Crippen molar-refractivity contribution in [3.05, 3.63) is 96.6 Å². The smallest absolute Gasteiger partial charge is 0.261 e. The molecule has 4 nitrogen and oxygen atoms in total. The van der Waals surface area contributed by atoms with Gasteiger partial charge in [0, 0.05) is 24.4 Å². The van der Waals surface area contributed by atoms with Crippen molar-refractivity contribution < 1.29 is 19.1 Å². The molecular weight excluding hydrogens is 488 g/mol. The maximum atomic E-state index is 13.2. The first-order chi connectivity index (χ1) is 18.1. The lowest BCUT2D eigenvalue weighted by Crippen LogP contribution is -2.67. The van der Waals surface area contributed by atoms with Crippen LogP contribution in [-0.2, 0) is 20.6 Å². The van der Waals surface area contributed by atoms with E-state index in [1.54, 1.807) is 0 Å². The van der Waals surface area contributed by atoms with Crippen LogP contribution in [0.4, 0.5) is 0 Å². The normalized spacial score (nSPS) is 15.4. The van der Waals surface area contributed by atoms with Gasteiger partial charge in [0.25, 0.3) is 8.32 Å². The molecule has 3 rings (SSSR count). The van der Waals surface area contributed by atoms with E-state index in [1.165, 1.54) is 10.4 Å². The van der Waals surface area contributed by atoms with Gasteiger partial charge in [-0.15, -0.1) is 0 Å². The molecule has 0 radical (unpaired) electrons. The standard InChI is InChI=1S/C33H44O4Si/c1-25(22-36-24-28-16-10-7-11-17-28)31(34)27(3)32(35)26(2)23-37-38(33(4,5)6,29-18-12-8-13-19-29)30-20-14-9-15-21-30/h7-21,25-27,32,35H,22-24H2,1-6H3/t25-,26-,27-,32-/m0/s1. The Bertz CT molecular complexity index is 1070. The molecule has 5 heteroatoms. The second-order valence-electron chi connectivity index (χ2n) is 11.5. The number of rotatable bonds is 13. The molecule has 0 heterocycles. The van der Waals surface area contributed by atoms with Gasteiger partial charge < -0.3 is 14.3 Å². The number of Topliss-reactive ketones (excluding diaryl/α,β-unsaturated/α-hetero) is 1. The van der Waals surface area contributed by atoms with Crippen molar-refractivity contribution in [3.63, 3.8) is 0 Å². The fraction of sp³-hybridized carbons (Fsp3) is 0.424. The number of ether oxygens (including phenoxy) is 1. The molecule has 0 fully saturated rings. The van der Waals surface area contributed by atoms with Crippen molar-refractivity contribution in [2.75, 3.05) is 13.2 Å².